The Labute approximate surface area is 120 Å². The largest absolute Gasteiger partial charge is 0.384 e. The van der Waals surface area contributed by atoms with Crippen LogP contribution in [0, 0.1) is 13.8 Å². The number of hydrogen-bond donors (Lipinski definition) is 0. The first-order valence-electron chi connectivity index (χ1n) is 6.66. The average Bonchev–Trinajstić information content (AvgIpc) is 2.35. The maximum absolute atomic E-state index is 12.4. The van der Waals surface area contributed by atoms with Crippen molar-refractivity contribution in [3.8, 4) is 0 Å². The van der Waals surface area contributed by atoms with E-state index in [1.807, 2.05) is 6.92 Å². The number of rotatable bonds is 3. The molecule has 0 N–H and O–H groups in total. The summed E-state index contributed by atoms with van der Waals surface area (Å²) in [5.74, 6) is 0.150. The number of methoxy groups -OCH3 is 1. The summed E-state index contributed by atoms with van der Waals surface area (Å²) in [4.78, 5) is 12.2. The van der Waals surface area contributed by atoms with Gasteiger partial charge in [0.2, 0.25) is 0 Å². The summed E-state index contributed by atoms with van der Waals surface area (Å²) in [5.41, 5.74) is 2.84. The van der Waals surface area contributed by atoms with Gasteiger partial charge in [0, 0.05) is 18.6 Å². The van der Waals surface area contributed by atoms with Crippen molar-refractivity contribution in [2.75, 3.05) is 19.5 Å². The lowest BCUT2D eigenvalue weighted by Gasteiger charge is -2.29. The molecule has 1 unspecified atom stereocenters. The normalized spacial score (nSPS) is 20.5. The van der Waals surface area contributed by atoms with Crippen molar-refractivity contribution in [3.05, 3.63) is 28.3 Å². The number of carbonyl (C=O) groups is 1. The van der Waals surface area contributed by atoms with Gasteiger partial charge in [-0.2, -0.15) is 0 Å². The van der Waals surface area contributed by atoms with Crippen LogP contribution in [0.2, 0.25) is 0 Å². The van der Waals surface area contributed by atoms with Crippen LogP contribution in [0.1, 0.15) is 46.3 Å². The third kappa shape index (κ3) is 2.40. The Morgan fingerprint density at radius 2 is 2.05 bits per heavy atom. The molecule has 0 aliphatic carbocycles. The first-order chi connectivity index (χ1) is 9.29. The summed E-state index contributed by atoms with van der Waals surface area (Å²) in [6, 6.07) is 1.70. The number of fused-ring (bicyclic) bond motifs is 1. The van der Waals surface area contributed by atoms with Gasteiger partial charge in [-0.3, -0.25) is 4.79 Å². The Morgan fingerprint density at radius 1 is 1.40 bits per heavy atom. The zero-order valence-corrected chi connectivity index (χ0v) is 13.1. The van der Waals surface area contributed by atoms with Crippen molar-refractivity contribution in [3.63, 3.8) is 0 Å². The zero-order chi connectivity index (χ0) is 15.1. The number of ketones is 1. The minimum atomic E-state index is -3.26. The van der Waals surface area contributed by atoms with Crippen LogP contribution in [0.5, 0.6) is 0 Å². The molecule has 0 aromatic heterocycles. The zero-order valence-electron chi connectivity index (χ0n) is 12.3. The maximum Gasteiger partial charge on any atom is 0.178 e. The topological polar surface area (TPSA) is 60.4 Å². The van der Waals surface area contributed by atoms with Crippen LogP contribution >= 0.6 is 0 Å². The number of sulfone groups is 1. The second-order valence-electron chi connectivity index (χ2n) is 5.42. The van der Waals surface area contributed by atoms with Crippen LogP contribution in [-0.4, -0.2) is 33.7 Å². The number of aryl methyl sites for hydroxylation is 1. The average molecular weight is 296 g/mol. The fourth-order valence-corrected chi connectivity index (χ4v) is 5.10. The number of hydrogen-bond acceptors (Lipinski definition) is 4. The fraction of sp³-hybridized carbons (Fsp3) is 0.533. The monoisotopic (exact) mass is 296 g/mol. The molecule has 20 heavy (non-hydrogen) atoms. The highest BCUT2D eigenvalue weighted by Crippen LogP contribution is 2.39. The SMILES string of the molecule is COCC1CCS(=O)(=O)c2c(C)cc(C(C)=O)c(C)c21. The molecule has 0 radical (unpaired) electrons. The third-order valence-corrected chi connectivity index (χ3v) is 5.91. The van der Waals surface area contributed by atoms with Crippen molar-refractivity contribution >= 4 is 15.6 Å². The molecular weight excluding hydrogens is 276 g/mol. The Balaban J connectivity index is 2.80. The van der Waals surface area contributed by atoms with Crippen molar-refractivity contribution in [1.29, 1.82) is 0 Å². The van der Waals surface area contributed by atoms with Crippen LogP contribution in [0.15, 0.2) is 11.0 Å². The molecular formula is C15H20O4S. The minimum Gasteiger partial charge on any atom is -0.384 e. The first-order valence-corrected chi connectivity index (χ1v) is 8.31. The van der Waals surface area contributed by atoms with E-state index in [1.54, 1.807) is 20.1 Å². The van der Waals surface area contributed by atoms with Gasteiger partial charge in [0.05, 0.1) is 17.3 Å². The predicted octanol–water partition coefficient (Wildman–Crippen LogP) is 2.41. The van der Waals surface area contributed by atoms with Crippen LogP contribution in [0.3, 0.4) is 0 Å². The maximum atomic E-state index is 12.4. The fourth-order valence-electron chi connectivity index (χ4n) is 3.10. The molecule has 1 atom stereocenters. The van der Waals surface area contributed by atoms with Crippen LogP contribution < -0.4 is 0 Å². The molecule has 1 aromatic carbocycles. The lowest BCUT2D eigenvalue weighted by atomic mass is 9.87. The highest BCUT2D eigenvalue weighted by molar-refractivity contribution is 7.91. The van der Waals surface area contributed by atoms with E-state index in [9.17, 15) is 13.2 Å². The van der Waals surface area contributed by atoms with E-state index in [0.717, 1.165) is 11.1 Å². The van der Waals surface area contributed by atoms with Gasteiger partial charge in [-0.15, -0.1) is 0 Å². The number of Topliss-reactive ketones (excluding diaryl/α,β-unsaturated/α-hetero) is 1. The molecule has 2 rings (SSSR count). The van der Waals surface area contributed by atoms with Gasteiger partial charge in [-0.1, -0.05) is 0 Å². The lowest BCUT2D eigenvalue weighted by Crippen LogP contribution is -2.25. The lowest BCUT2D eigenvalue weighted by molar-refractivity contribution is 0.101. The molecule has 5 heteroatoms. The summed E-state index contributed by atoms with van der Waals surface area (Å²) in [6.45, 7) is 5.58. The Bertz CT molecular complexity index is 659. The molecule has 110 valence electrons. The molecule has 1 aliphatic heterocycles. The molecule has 1 heterocycles. The second-order valence-corrected chi connectivity index (χ2v) is 7.47. The van der Waals surface area contributed by atoms with E-state index >= 15 is 0 Å². The molecule has 0 saturated heterocycles. The first kappa shape index (κ1) is 15.2. The second kappa shape index (κ2) is 5.30. The Hall–Kier alpha value is -1.20. The summed E-state index contributed by atoms with van der Waals surface area (Å²) in [6.07, 6.45) is 0.546. The quantitative estimate of drug-likeness (QED) is 0.804. The summed E-state index contributed by atoms with van der Waals surface area (Å²) in [5, 5.41) is 0. The number of ether oxygens (including phenoxy) is 1. The summed E-state index contributed by atoms with van der Waals surface area (Å²) >= 11 is 0. The Kier molecular flexibility index (Phi) is 4.02. The van der Waals surface area contributed by atoms with E-state index in [4.69, 9.17) is 4.74 Å². The summed E-state index contributed by atoms with van der Waals surface area (Å²) in [7, 11) is -1.64. The molecule has 0 spiro atoms. The number of benzene rings is 1. The van der Waals surface area contributed by atoms with E-state index in [0.29, 0.717) is 29.1 Å². The minimum absolute atomic E-state index is 0.0347. The summed E-state index contributed by atoms with van der Waals surface area (Å²) < 4.78 is 29.9. The van der Waals surface area contributed by atoms with Gasteiger partial charge in [-0.05, 0) is 49.9 Å². The molecule has 1 aromatic rings. The molecule has 4 nitrogen and oxygen atoms in total. The van der Waals surface area contributed by atoms with Crippen molar-refractivity contribution in [1.82, 2.24) is 0 Å². The van der Waals surface area contributed by atoms with Crippen molar-refractivity contribution < 1.29 is 17.9 Å². The van der Waals surface area contributed by atoms with Gasteiger partial charge >= 0.3 is 0 Å². The highest BCUT2D eigenvalue weighted by Gasteiger charge is 2.34. The molecule has 0 fully saturated rings. The van der Waals surface area contributed by atoms with Crippen LogP contribution in [0.25, 0.3) is 0 Å². The molecule has 1 aliphatic rings. The standard InChI is InChI=1S/C15H20O4S/c1-9-7-13(11(3)16)10(2)14-12(8-19-4)5-6-20(17,18)15(9)14/h7,12H,5-6,8H2,1-4H3. The predicted molar refractivity (Wildman–Crippen MR) is 77.2 cm³/mol. The van der Waals surface area contributed by atoms with E-state index in [-0.39, 0.29) is 17.5 Å². The van der Waals surface area contributed by atoms with Crippen LogP contribution in [-0.2, 0) is 14.6 Å². The highest BCUT2D eigenvalue weighted by atomic mass is 32.2. The van der Waals surface area contributed by atoms with Gasteiger partial charge < -0.3 is 4.74 Å². The van der Waals surface area contributed by atoms with Crippen molar-refractivity contribution in [2.45, 2.75) is 38.0 Å². The Morgan fingerprint density at radius 3 is 2.60 bits per heavy atom. The van der Waals surface area contributed by atoms with E-state index in [2.05, 4.69) is 0 Å². The van der Waals surface area contributed by atoms with Gasteiger partial charge in [0.15, 0.2) is 15.6 Å². The number of carbonyl (C=O) groups excluding carboxylic acids is 1. The van der Waals surface area contributed by atoms with Crippen LogP contribution in [0.4, 0.5) is 0 Å². The van der Waals surface area contributed by atoms with Gasteiger partial charge in [-0.25, -0.2) is 8.42 Å². The van der Waals surface area contributed by atoms with Gasteiger partial charge in [0.1, 0.15) is 0 Å². The third-order valence-electron chi connectivity index (χ3n) is 3.97. The molecule has 0 bridgehead atoms. The van der Waals surface area contributed by atoms with E-state index in [1.165, 1.54) is 6.92 Å². The van der Waals surface area contributed by atoms with Gasteiger partial charge in [0.25, 0.3) is 0 Å². The molecule has 0 amide bonds. The smallest absolute Gasteiger partial charge is 0.178 e. The van der Waals surface area contributed by atoms with Crippen molar-refractivity contribution in [2.24, 2.45) is 0 Å². The van der Waals surface area contributed by atoms with E-state index < -0.39 is 9.84 Å². The molecule has 0 saturated carbocycles.